The Balaban J connectivity index is 2.45. The van der Waals surface area contributed by atoms with Gasteiger partial charge in [0.25, 0.3) is 0 Å². The van der Waals surface area contributed by atoms with Crippen LogP contribution in [0, 0.1) is 6.92 Å². The highest BCUT2D eigenvalue weighted by Gasteiger charge is 2.14. The van der Waals surface area contributed by atoms with Crippen LogP contribution in [-0.2, 0) is 0 Å². The van der Waals surface area contributed by atoms with Gasteiger partial charge in [0.1, 0.15) is 0 Å². The molecule has 2 aromatic rings. The molecular formula is C15H15Cl2N. The summed E-state index contributed by atoms with van der Waals surface area (Å²) in [5.74, 6) is 0. The van der Waals surface area contributed by atoms with Crippen LogP contribution < -0.4 is 5.32 Å². The van der Waals surface area contributed by atoms with E-state index in [1.54, 1.807) is 0 Å². The highest BCUT2D eigenvalue weighted by Crippen LogP contribution is 2.29. The van der Waals surface area contributed by atoms with Gasteiger partial charge < -0.3 is 5.32 Å². The quantitative estimate of drug-likeness (QED) is 0.865. The summed E-state index contributed by atoms with van der Waals surface area (Å²) in [6, 6.07) is 14.2. The van der Waals surface area contributed by atoms with Crippen molar-refractivity contribution < 1.29 is 0 Å². The van der Waals surface area contributed by atoms with Crippen LogP contribution >= 0.6 is 23.2 Å². The molecule has 3 heteroatoms. The normalized spacial score (nSPS) is 12.4. The third kappa shape index (κ3) is 2.69. The van der Waals surface area contributed by atoms with E-state index in [0.29, 0.717) is 10.0 Å². The van der Waals surface area contributed by atoms with E-state index in [2.05, 4.69) is 24.4 Å². The van der Waals surface area contributed by atoms with Crippen LogP contribution in [0.2, 0.25) is 10.0 Å². The van der Waals surface area contributed by atoms with Gasteiger partial charge in [0.15, 0.2) is 0 Å². The highest BCUT2D eigenvalue weighted by molar-refractivity contribution is 6.42. The van der Waals surface area contributed by atoms with Crippen molar-refractivity contribution in [1.29, 1.82) is 0 Å². The lowest BCUT2D eigenvalue weighted by molar-refractivity contribution is 0.687. The summed E-state index contributed by atoms with van der Waals surface area (Å²) in [5.41, 5.74) is 3.61. The Morgan fingerprint density at radius 1 is 1.00 bits per heavy atom. The number of hydrogen-bond donors (Lipinski definition) is 1. The molecule has 18 heavy (non-hydrogen) atoms. The first-order valence-electron chi connectivity index (χ1n) is 5.81. The standard InChI is InChI=1S/C15H15Cl2N/c1-10-5-3-4-6-12(10)15(18-2)11-7-8-13(16)14(17)9-11/h3-9,15,18H,1-2H3. The van der Waals surface area contributed by atoms with Gasteiger partial charge in [-0.2, -0.15) is 0 Å². The largest absolute Gasteiger partial charge is 0.309 e. The summed E-state index contributed by atoms with van der Waals surface area (Å²) in [7, 11) is 1.94. The van der Waals surface area contributed by atoms with Gasteiger partial charge in [0.2, 0.25) is 0 Å². The molecule has 0 fully saturated rings. The number of aryl methyl sites for hydroxylation is 1. The van der Waals surface area contributed by atoms with Crippen molar-refractivity contribution in [2.45, 2.75) is 13.0 Å². The van der Waals surface area contributed by atoms with Crippen molar-refractivity contribution in [3.8, 4) is 0 Å². The summed E-state index contributed by atoms with van der Waals surface area (Å²) in [5, 5.41) is 4.49. The van der Waals surface area contributed by atoms with Crippen LogP contribution in [0.25, 0.3) is 0 Å². The maximum absolute atomic E-state index is 6.08. The molecule has 0 saturated heterocycles. The molecule has 1 nitrogen and oxygen atoms in total. The molecule has 0 aliphatic heterocycles. The monoisotopic (exact) mass is 279 g/mol. The Morgan fingerprint density at radius 2 is 1.72 bits per heavy atom. The number of nitrogens with one attached hydrogen (secondary N) is 1. The molecule has 0 bridgehead atoms. The minimum atomic E-state index is 0.126. The molecule has 0 heterocycles. The van der Waals surface area contributed by atoms with Crippen molar-refractivity contribution in [3.63, 3.8) is 0 Å². The molecule has 0 spiro atoms. The Kier molecular flexibility index (Phi) is 4.28. The van der Waals surface area contributed by atoms with Gasteiger partial charge in [-0.25, -0.2) is 0 Å². The molecule has 0 aromatic heterocycles. The highest BCUT2D eigenvalue weighted by atomic mass is 35.5. The van der Waals surface area contributed by atoms with E-state index in [4.69, 9.17) is 23.2 Å². The third-order valence-electron chi connectivity index (χ3n) is 3.07. The Labute approximate surface area is 118 Å². The maximum atomic E-state index is 6.08. The predicted octanol–water partition coefficient (Wildman–Crippen LogP) is 4.61. The lowest BCUT2D eigenvalue weighted by atomic mass is 9.95. The van der Waals surface area contributed by atoms with Crippen molar-refractivity contribution in [3.05, 3.63) is 69.2 Å². The van der Waals surface area contributed by atoms with E-state index < -0.39 is 0 Å². The van der Waals surface area contributed by atoms with Gasteiger partial charge in [-0.05, 0) is 42.8 Å². The topological polar surface area (TPSA) is 12.0 Å². The number of benzene rings is 2. The lowest BCUT2D eigenvalue weighted by Crippen LogP contribution is -2.18. The fourth-order valence-corrected chi connectivity index (χ4v) is 2.41. The van der Waals surface area contributed by atoms with E-state index in [1.807, 2.05) is 37.4 Å². The zero-order valence-corrected chi connectivity index (χ0v) is 11.9. The van der Waals surface area contributed by atoms with Gasteiger partial charge in [-0.3, -0.25) is 0 Å². The molecule has 0 aliphatic rings. The molecule has 1 N–H and O–H groups in total. The molecular weight excluding hydrogens is 265 g/mol. The van der Waals surface area contributed by atoms with Crippen molar-refractivity contribution in [2.75, 3.05) is 7.05 Å². The van der Waals surface area contributed by atoms with Gasteiger partial charge in [-0.15, -0.1) is 0 Å². The second-order valence-corrected chi connectivity index (χ2v) is 5.07. The molecule has 0 radical (unpaired) electrons. The molecule has 1 unspecified atom stereocenters. The average Bonchev–Trinajstić information content (AvgIpc) is 2.37. The second-order valence-electron chi connectivity index (χ2n) is 4.25. The predicted molar refractivity (Wildman–Crippen MR) is 78.5 cm³/mol. The summed E-state index contributed by atoms with van der Waals surface area (Å²) in [4.78, 5) is 0. The maximum Gasteiger partial charge on any atom is 0.0595 e. The molecule has 2 rings (SSSR count). The first-order chi connectivity index (χ1) is 8.63. The summed E-state index contributed by atoms with van der Waals surface area (Å²) < 4.78 is 0. The number of rotatable bonds is 3. The minimum absolute atomic E-state index is 0.126. The van der Waals surface area contributed by atoms with E-state index in [-0.39, 0.29) is 6.04 Å². The molecule has 2 aromatic carbocycles. The van der Waals surface area contributed by atoms with Crippen LogP contribution in [0.5, 0.6) is 0 Å². The zero-order valence-electron chi connectivity index (χ0n) is 10.4. The smallest absolute Gasteiger partial charge is 0.0595 e. The molecule has 0 amide bonds. The van der Waals surface area contributed by atoms with Crippen molar-refractivity contribution in [1.82, 2.24) is 5.32 Å². The van der Waals surface area contributed by atoms with E-state index in [1.165, 1.54) is 11.1 Å². The number of hydrogen-bond acceptors (Lipinski definition) is 1. The van der Waals surface area contributed by atoms with Crippen LogP contribution in [0.3, 0.4) is 0 Å². The lowest BCUT2D eigenvalue weighted by Gasteiger charge is -2.19. The van der Waals surface area contributed by atoms with E-state index in [9.17, 15) is 0 Å². The first-order valence-corrected chi connectivity index (χ1v) is 6.57. The third-order valence-corrected chi connectivity index (χ3v) is 3.80. The second kappa shape index (κ2) is 5.75. The van der Waals surface area contributed by atoms with Crippen molar-refractivity contribution in [2.24, 2.45) is 0 Å². The van der Waals surface area contributed by atoms with Gasteiger partial charge in [0, 0.05) is 0 Å². The summed E-state index contributed by atoms with van der Waals surface area (Å²) in [6.45, 7) is 2.11. The van der Waals surface area contributed by atoms with E-state index >= 15 is 0 Å². The summed E-state index contributed by atoms with van der Waals surface area (Å²) >= 11 is 12.0. The van der Waals surface area contributed by atoms with Crippen LogP contribution in [-0.4, -0.2) is 7.05 Å². The Hall–Kier alpha value is -1.02. The first kappa shape index (κ1) is 13.4. The number of halogens is 2. The minimum Gasteiger partial charge on any atom is -0.309 e. The van der Waals surface area contributed by atoms with Crippen LogP contribution in [0.1, 0.15) is 22.7 Å². The average molecular weight is 280 g/mol. The molecule has 0 aliphatic carbocycles. The van der Waals surface area contributed by atoms with Crippen LogP contribution in [0.15, 0.2) is 42.5 Å². The van der Waals surface area contributed by atoms with Gasteiger partial charge in [0.05, 0.1) is 16.1 Å². The summed E-state index contributed by atoms with van der Waals surface area (Å²) in [6.07, 6.45) is 0. The van der Waals surface area contributed by atoms with Crippen LogP contribution in [0.4, 0.5) is 0 Å². The molecule has 1 atom stereocenters. The Bertz CT molecular complexity index is 552. The fourth-order valence-electron chi connectivity index (χ4n) is 2.10. The molecule has 0 saturated carbocycles. The van der Waals surface area contributed by atoms with Crippen molar-refractivity contribution >= 4 is 23.2 Å². The molecule has 94 valence electrons. The Morgan fingerprint density at radius 3 is 2.33 bits per heavy atom. The van der Waals surface area contributed by atoms with Gasteiger partial charge >= 0.3 is 0 Å². The fraction of sp³-hybridized carbons (Fsp3) is 0.200. The van der Waals surface area contributed by atoms with E-state index in [0.717, 1.165) is 5.56 Å². The van der Waals surface area contributed by atoms with Gasteiger partial charge in [-0.1, -0.05) is 53.5 Å². The SMILES string of the molecule is CNC(c1ccc(Cl)c(Cl)c1)c1ccccc1C. The zero-order chi connectivity index (χ0) is 13.1.